The van der Waals surface area contributed by atoms with Crippen molar-refractivity contribution in [1.82, 2.24) is 4.57 Å². The molecule has 0 atom stereocenters. The SMILES string of the molecule is C=CCn1c(O)c(C(=O)c2ccc(OC(C)C)cc2)c(C)c(C#N)c1=O. The highest BCUT2D eigenvalue weighted by Crippen LogP contribution is 2.26. The van der Waals surface area contributed by atoms with E-state index >= 15 is 0 Å². The summed E-state index contributed by atoms with van der Waals surface area (Å²) in [6.45, 7) is 8.78. The molecule has 0 radical (unpaired) electrons. The van der Waals surface area contributed by atoms with E-state index in [1.165, 1.54) is 13.0 Å². The van der Waals surface area contributed by atoms with Gasteiger partial charge >= 0.3 is 0 Å². The molecule has 0 unspecified atom stereocenters. The van der Waals surface area contributed by atoms with Crippen molar-refractivity contribution in [2.24, 2.45) is 0 Å². The largest absolute Gasteiger partial charge is 0.494 e. The number of nitrogens with zero attached hydrogens (tertiary/aromatic N) is 2. The average molecular weight is 352 g/mol. The summed E-state index contributed by atoms with van der Waals surface area (Å²) in [5.41, 5.74) is -0.428. The first-order valence-electron chi connectivity index (χ1n) is 8.10. The van der Waals surface area contributed by atoms with E-state index in [0.717, 1.165) is 4.57 Å². The van der Waals surface area contributed by atoms with Crippen LogP contribution in [0.2, 0.25) is 0 Å². The van der Waals surface area contributed by atoms with Gasteiger partial charge in [-0.25, -0.2) is 0 Å². The number of aromatic hydroxyl groups is 1. The first-order chi connectivity index (χ1) is 12.3. The van der Waals surface area contributed by atoms with Gasteiger partial charge in [0.25, 0.3) is 5.56 Å². The minimum absolute atomic E-state index is 0.00323. The van der Waals surface area contributed by atoms with Gasteiger partial charge in [-0.3, -0.25) is 14.2 Å². The third-order valence-corrected chi connectivity index (χ3v) is 3.83. The summed E-state index contributed by atoms with van der Waals surface area (Å²) in [4.78, 5) is 25.2. The van der Waals surface area contributed by atoms with E-state index in [1.807, 2.05) is 19.9 Å². The molecule has 2 rings (SSSR count). The molecule has 1 heterocycles. The van der Waals surface area contributed by atoms with E-state index in [1.54, 1.807) is 24.3 Å². The van der Waals surface area contributed by atoms with E-state index in [0.29, 0.717) is 11.3 Å². The van der Waals surface area contributed by atoms with Crippen LogP contribution >= 0.6 is 0 Å². The summed E-state index contributed by atoms with van der Waals surface area (Å²) in [7, 11) is 0. The molecule has 2 aromatic rings. The maximum absolute atomic E-state index is 12.9. The smallest absolute Gasteiger partial charge is 0.271 e. The van der Waals surface area contributed by atoms with Crippen molar-refractivity contribution in [3.8, 4) is 17.7 Å². The number of ether oxygens (including phenoxy) is 1. The molecular formula is C20H20N2O4. The molecule has 0 saturated heterocycles. The second kappa shape index (κ2) is 7.70. The lowest BCUT2D eigenvalue weighted by atomic mass is 9.97. The summed E-state index contributed by atoms with van der Waals surface area (Å²) in [6, 6.07) is 8.29. The van der Waals surface area contributed by atoms with Gasteiger partial charge in [0.1, 0.15) is 17.4 Å². The quantitative estimate of drug-likeness (QED) is 0.637. The Morgan fingerprint density at radius 3 is 2.50 bits per heavy atom. The highest BCUT2D eigenvalue weighted by molar-refractivity contribution is 6.11. The highest BCUT2D eigenvalue weighted by Gasteiger charge is 2.24. The molecule has 0 aliphatic rings. The van der Waals surface area contributed by atoms with Crippen LogP contribution in [0.3, 0.4) is 0 Å². The molecule has 0 amide bonds. The van der Waals surface area contributed by atoms with E-state index in [2.05, 4.69) is 6.58 Å². The predicted octanol–water partition coefficient (Wildman–Crippen LogP) is 2.94. The molecule has 0 bridgehead atoms. The Morgan fingerprint density at radius 1 is 1.38 bits per heavy atom. The van der Waals surface area contributed by atoms with Crippen molar-refractivity contribution in [3.05, 3.63) is 69.5 Å². The second-order valence-electron chi connectivity index (χ2n) is 6.03. The number of allylic oxidation sites excluding steroid dienone is 1. The fourth-order valence-electron chi connectivity index (χ4n) is 2.62. The molecule has 6 heteroatoms. The zero-order valence-corrected chi connectivity index (χ0v) is 14.9. The number of carbonyl (C=O) groups is 1. The molecule has 0 aliphatic heterocycles. The molecule has 6 nitrogen and oxygen atoms in total. The molecule has 1 N–H and O–H groups in total. The number of aromatic nitrogens is 1. The Labute approximate surface area is 151 Å². The van der Waals surface area contributed by atoms with E-state index in [4.69, 9.17) is 4.74 Å². The maximum atomic E-state index is 12.9. The Morgan fingerprint density at radius 2 is 2.00 bits per heavy atom. The number of carbonyl (C=O) groups excluding carboxylic acids is 1. The van der Waals surface area contributed by atoms with Gasteiger partial charge in [0.2, 0.25) is 5.88 Å². The van der Waals surface area contributed by atoms with Crippen LogP contribution in [0.4, 0.5) is 0 Å². The van der Waals surface area contributed by atoms with Crippen molar-refractivity contribution < 1.29 is 14.6 Å². The van der Waals surface area contributed by atoms with E-state index in [9.17, 15) is 20.0 Å². The van der Waals surface area contributed by atoms with Gasteiger partial charge in [0, 0.05) is 12.1 Å². The highest BCUT2D eigenvalue weighted by atomic mass is 16.5. The zero-order valence-electron chi connectivity index (χ0n) is 14.9. The average Bonchev–Trinajstić information content (AvgIpc) is 2.59. The molecule has 134 valence electrons. The Balaban J connectivity index is 2.58. The molecular weight excluding hydrogens is 332 g/mol. The molecule has 0 fully saturated rings. The van der Waals surface area contributed by atoms with Crippen LogP contribution in [0, 0.1) is 18.3 Å². The number of ketones is 1. The number of nitriles is 1. The van der Waals surface area contributed by atoms with Gasteiger partial charge in [0.15, 0.2) is 5.78 Å². The van der Waals surface area contributed by atoms with Crippen LogP contribution in [0.15, 0.2) is 41.7 Å². The normalized spacial score (nSPS) is 10.4. The molecule has 0 saturated carbocycles. The maximum Gasteiger partial charge on any atom is 0.271 e. The van der Waals surface area contributed by atoms with Crippen LogP contribution < -0.4 is 10.3 Å². The molecule has 1 aromatic heterocycles. The Kier molecular flexibility index (Phi) is 5.63. The number of pyridine rings is 1. The van der Waals surface area contributed by atoms with Gasteiger partial charge in [0.05, 0.1) is 11.7 Å². The minimum atomic E-state index is -0.653. The second-order valence-corrected chi connectivity index (χ2v) is 6.03. The number of hydrogen-bond acceptors (Lipinski definition) is 5. The summed E-state index contributed by atoms with van der Waals surface area (Å²) in [5, 5.41) is 19.7. The van der Waals surface area contributed by atoms with Gasteiger partial charge in [-0.05, 0) is 50.6 Å². The third kappa shape index (κ3) is 3.52. The molecule has 26 heavy (non-hydrogen) atoms. The van der Waals surface area contributed by atoms with Gasteiger partial charge in [-0.15, -0.1) is 6.58 Å². The topological polar surface area (TPSA) is 92.3 Å². The van der Waals surface area contributed by atoms with Crippen molar-refractivity contribution in [1.29, 1.82) is 5.26 Å². The molecule has 0 spiro atoms. The lowest BCUT2D eigenvalue weighted by molar-refractivity contribution is 0.103. The van der Waals surface area contributed by atoms with Crippen molar-refractivity contribution >= 4 is 5.78 Å². The first-order valence-corrected chi connectivity index (χ1v) is 8.10. The van der Waals surface area contributed by atoms with Crippen LogP contribution in [-0.2, 0) is 6.54 Å². The standard InChI is InChI=1S/C20H20N2O4/c1-5-10-22-19(24)16(11-21)13(4)17(20(22)25)18(23)14-6-8-15(9-7-14)26-12(2)3/h5-9,12,25H,1,10H2,2-4H3. The fraction of sp³-hybridized carbons (Fsp3) is 0.250. The van der Waals surface area contributed by atoms with E-state index in [-0.39, 0.29) is 29.3 Å². The first kappa shape index (κ1) is 19.0. The summed E-state index contributed by atoms with van der Waals surface area (Å²) in [5.74, 6) is -0.337. The van der Waals surface area contributed by atoms with Crippen LogP contribution in [0.1, 0.15) is 40.9 Å². The van der Waals surface area contributed by atoms with Gasteiger partial charge < -0.3 is 9.84 Å². The van der Waals surface area contributed by atoms with Gasteiger partial charge in [-0.2, -0.15) is 5.26 Å². The van der Waals surface area contributed by atoms with Crippen molar-refractivity contribution in [3.63, 3.8) is 0 Å². The summed E-state index contributed by atoms with van der Waals surface area (Å²) >= 11 is 0. The molecule has 1 aromatic carbocycles. The van der Waals surface area contributed by atoms with Crippen molar-refractivity contribution in [2.75, 3.05) is 0 Å². The van der Waals surface area contributed by atoms with Crippen LogP contribution in [0.25, 0.3) is 0 Å². The zero-order chi connectivity index (χ0) is 19.4. The van der Waals surface area contributed by atoms with Crippen LogP contribution in [0.5, 0.6) is 11.6 Å². The lowest BCUT2D eigenvalue weighted by Crippen LogP contribution is -2.26. The Hall–Kier alpha value is -3.33. The fourth-order valence-corrected chi connectivity index (χ4v) is 2.62. The number of hydrogen-bond donors (Lipinski definition) is 1. The predicted molar refractivity (Wildman–Crippen MR) is 97.7 cm³/mol. The minimum Gasteiger partial charge on any atom is -0.494 e. The summed E-state index contributed by atoms with van der Waals surface area (Å²) < 4.78 is 6.51. The lowest BCUT2D eigenvalue weighted by Gasteiger charge is -2.15. The van der Waals surface area contributed by atoms with Crippen molar-refractivity contribution in [2.45, 2.75) is 33.4 Å². The third-order valence-electron chi connectivity index (χ3n) is 3.83. The summed E-state index contributed by atoms with van der Waals surface area (Å²) in [6.07, 6.45) is 1.41. The van der Waals surface area contributed by atoms with E-state index < -0.39 is 17.2 Å². The number of rotatable bonds is 6. The van der Waals surface area contributed by atoms with Crippen LogP contribution in [-0.4, -0.2) is 21.6 Å². The van der Waals surface area contributed by atoms with Gasteiger partial charge in [-0.1, -0.05) is 6.08 Å². The number of benzene rings is 1. The monoisotopic (exact) mass is 352 g/mol. The molecule has 0 aliphatic carbocycles. The Bertz CT molecular complexity index is 948.